The lowest BCUT2D eigenvalue weighted by Gasteiger charge is -2.16. The summed E-state index contributed by atoms with van der Waals surface area (Å²) in [5, 5.41) is 8.33. The van der Waals surface area contributed by atoms with Crippen molar-refractivity contribution in [3.8, 4) is 11.1 Å². The molecule has 2 aromatic heterocycles. The molecule has 0 bridgehead atoms. The Morgan fingerprint density at radius 3 is 2.58 bits per heavy atom. The zero-order valence-corrected chi connectivity index (χ0v) is 14.4. The maximum Gasteiger partial charge on any atom is 0.165 e. The van der Waals surface area contributed by atoms with Gasteiger partial charge in [-0.2, -0.15) is 9.61 Å². The number of anilines is 1. The Labute approximate surface area is 142 Å². The van der Waals surface area contributed by atoms with E-state index in [1.54, 1.807) is 0 Å². The fourth-order valence-electron chi connectivity index (χ4n) is 3.48. The molecule has 0 unspecified atom stereocenters. The summed E-state index contributed by atoms with van der Waals surface area (Å²) in [6, 6.07) is 13.1. The Kier molecular flexibility index (Phi) is 3.97. The van der Waals surface area contributed by atoms with Crippen LogP contribution in [-0.2, 0) is 0 Å². The maximum atomic E-state index is 4.91. The third kappa shape index (κ3) is 2.77. The Morgan fingerprint density at radius 2 is 1.88 bits per heavy atom. The molecule has 4 rings (SSSR count). The lowest BCUT2D eigenvalue weighted by atomic mass is 10.1. The standard InChI is InChI=1S/C20H24N4/c1-14(2)18-12-19(22-16-10-6-7-11-16)24-20(23-18)17(13-21-24)15-8-4-3-5-9-15/h3-5,8-9,12-14,16,22H,6-7,10-11H2,1-2H3. The summed E-state index contributed by atoms with van der Waals surface area (Å²) in [4.78, 5) is 4.91. The van der Waals surface area contributed by atoms with Crippen molar-refractivity contribution in [2.75, 3.05) is 5.32 Å². The van der Waals surface area contributed by atoms with Gasteiger partial charge in [0.2, 0.25) is 0 Å². The second kappa shape index (κ2) is 6.27. The summed E-state index contributed by atoms with van der Waals surface area (Å²) in [6.45, 7) is 4.38. The van der Waals surface area contributed by atoms with Gasteiger partial charge in [0.25, 0.3) is 0 Å². The highest BCUT2D eigenvalue weighted by molar-refractivity contribution is 5.78. The first-order valence-corrected chi connectivity index (χ1v) is 8.93. The van der Waals surface area contributed by atoms with E-state index in [0.29, 0.717) is 12.0 Å². The lowest BCUT2D eigenvalue weighted by Crippen LogP contribution is -2.18. The molecule has 1 aliphatic rings. The van der Waals surface area contributed by atoms with Crippen LogP contribution in [0, 0.1) is 0 Å². The molecule has 1 aromatic carbocycles. The second-order valence-corrected chi connectivity index (χ2v) is 7.01. The summed E-state index contributed by atoms with van der Waals surface area (Å²) in [5.41, 5.74) is 4.30. The molecule has 0 amide bonds. The van der Waals surface area contributed by atoms with E-state index in [0.717, 1.165) is 28.3 Å². The molecule has 4 heteroatoms. The van der Waals surface area contributed by atoms with Crippen molar-refractivity contribution >= 4 is 11.5 Å². The third-order valence-electron chi connectivity index (χ3n) is 4.88. The van der Waals surface area contributed by atoms with E-state index in [4.69, 9.17) is 4.98 Å². The van der Waals surface area contributed by atoms with Crippen molar-refractivity contribution in [3.05, 3.63) is 48.3 Å². The van der Waals surface area contributed by atoms with E-state index in [1.807, 2.05) is 16.8 Å². The van der Waals surface area contributed by atoms with Crippen molar-refractivity contribution in [2.45, 2.75) is 51.5 Å². The van der Waals surface area contributed by atoms with Crippen LogP contribution < -0.4 is 5.32 Å². The number of hydrogen-bond donors (Lipinski definition) is 1. The first-order chi connectivity index (χ1) is 11.7. The molecule has 0 spiro atoms. The minimum absolute atomic E-state index is 0.387. The van der Waals surface area contributed by atoms with E-state index in [9.17, 15) is 0 Å². The highest BCUT2D eigenvalue weighted by atomic mass is 15.3. The maximum absolute atomic E-state index is 4.91. The Morgan fingerprint density at radius 1 is 1.12 bits per heavy atom. The average Bonchev–Trinajstić information content (AvgIpc) is 3.25. The summed E-state index contributed by atoms with van der Waals surface area (Å²) in [7, 11) is 0. The molecular formula is C20H24N4. The van der Waals surface area contributed by atoms with Gasteiger partial charge in [0.15, 0.2) is 5.65 Å². The van der Waals surface area contributed by atoms with Crippen LogP contribution in [0.15, 0.2) is 42.6 Å². The second-order valence-electron chi connectivity index (χ2n) is 7.01. The predicted molar refractivity (Wildman–Crippen MR) is 98.4 cm³/mol. The van der Waals surface area contributed by atoms with Gasteiger partial charge in [0.1, 0.15) is 5.82 Å². The van der Waals surface area contributed by atoms with Crippen molar-refractivity contribution in [1.29, 1.82) is 0 Å². The van der Waals surface area contributed by atoms with Gasteiger partial charge in [-0.15, -0.1) is 0 Å². The molecule has 2 heterocycles. The number of benzene rings is 1. The van der Waals surface area contributed by atoms with E-state index >= 15 is 0 Å². The number of nitrogens with zero attached hydrogens (tertiary/aromatic N) is 3. The minimum Gasteiger partial charge on any atom is -0.367 e. The number of fused-ring (bicyclic) bond motifs is 1. The Hall–Kier alpha value is -2.36. The molecule has 1 N–H and O–H groups in total. The fourth-order valence-corrected chi connectivity index (χ4v) is 3.48. The average molecular weight is 320 g/mol. The topological polar surface area (TPSA) is 42.2 Å². The number of aromatic nitrogens is 3. The fraction of sp³-hybridized carbons (Fsp3) is 0.400. The number of rotatable bonds is 4. The zero-order chi connectivity index (χ0) is 16.5. The highest BCUT2D eigenvalue weighted by Gasteiger charge is 2.19. The molecule has 0 saturated heterocycles. The molecule has 1 aliphatic carbocycles. The van der Waals surface area contributed by atoms with Crippen LogP contribution in [0.3, 0.4) is 0 Å². The number of nitrogens with one attached hydrogen (secondary N) is 1. The monoisotopic (exact) mass is 320 g/mol. The van der Waals surface area contributed by atoms with Crippen LogP contribution >= 0.6 is 0 Å². The highest BCUT2D eigenvalue weighted by Crippen LogP contribution is 2.29. The molecule has 1 fully saturated rings. The molecule has 0 aliphatic heterocycles. The zero-order valence-electron chi connectivity index (χ0n) is 14.4. The van der Waals surface area contributed by atoms with Crippen LogP contribution in [0.25, 0.3) is 16.8 Å². The summed E-state index contributed by atoms with van der Waals surface area (Å²) in [5.74, 6) is 1.45. The van der Waals surface area contributed by atoms with E-state index in [-0.39, 0.29) is 0 Å². The van der Waals surface area contributed by atoms with Crippen molar-refractivity contribution in [2.24, 2.45) is 0 Å². The molecule has 0 atom stereocenters. The van der Waals surface area contributed by atoms with Gasteiger partial charge < -0.3 is 5.32 Å². The van der Waals surface area contributed by atoms with E-state index in [1.165, 1.54) is 25.7 Å². The lowest BCUT2D eigenvalue weighted by molar-refractivity contribution is 0.735. The molecule has 3 aromatic rings. The normalized spacial score (nSPS) is 15.5. The molecule has 0 radical (unpaired) electrons. The van der Waals surface area contributed by atoms with Gasteiger partial charge in [-0.25, -0.2) is 4.98 Å². The van der Waals surface area contributed by atoms with Crippen molar-refractivity contribution in [3.63, 3.8) is 0 Å². The van der Waals surface area contributed by atoms with Crippen molar-refractivity contribution in [1.82, 2.24) is 14.6 Å². The summed E-state index contributed by atoms with van der Waals surface area (Å²) < 4.78 is 1.96. The van der Waals surface area contributed by atoms with E-state index < -0.39 is 0 Å². The van der Waals surface area contributed by atoms with Crippen LogP contribution in [0.4, 0.5) is 5.82 Å². The van der Waals surface area contributed by atoms with Crippen LogP contribution in [0.1, 0.15) is 51.1 Å². The molecule has 4 nitrogen and oxygen atoms in total. The van der Waals surface area contributed by atoms with Crippen LogP contribution in [0.2, 0.25) is 0 Å². The van der Waals surface area contributed by atoms with Crippen LogP contribution in [0.5, 0.6) is 0 Å². The van der Waals surface area contributed by atoms with Gasteiger partial charge in [-0.1, -0.05) is 57.0 Å². The molecular weight excluding hydrogens is 296 g/mol. The van der Waals surface area contributed by atoms with Gasteiger partial charge in [0.05, 0.1) is 6.20 Å². The molecule has 1 saturated carbocycles. The third-order valence-corrected chi connectivity index (χ3v) is 4.88. The SMILES string of the molecule is CC(C)c1cc(NC2CCCC2)n2ncc(-c3ccccc3)c2n1. The van der Waals surface area contributed by atoms with Crippen LogP contribution in [-0.4, -0.2) is 20.6 Å². The number of hydrogen-bond acceptors (Lipinski definition) is 3. The van der Waals surface area contributed by atoms with Gasteiger partial charge in [0, 0.05) is 23.4 Å². The summed E-state index contributed by atoms with van der Waals surface area (Å²) >= 11 is 0. The first-order valence-electron chi connectivity index (χ1n) is 8.93. The predicted octanol–water partition coefficient (Wildman–Crippen LogP) is 4.87. The Bertz CT molecular complexity index is 829. The van der Waals surface area contributed by atoms with E-state index in [2.05, 4.69) is 54.6 Å². The quantitative estimate of drug-likeness (QED) is 0.745. The van der Waals surface area contributed by atoms with Crippen molar-refractivity contribution < 1.29 is 0 Å². The molecule has 24 heavy (non-hydrogen) atoms. The van der Waals surface area contributed by atoms with Gasteiger partial charge in [-0.3, -0.25) is 0 Å². The first kappa shape index (κ1) is 15.2. The van der Waals surface area contributed by atoms with Gasteiger partial charge in [-0.05, 0) is 24.3 Å². The van der Waals surface area contributed by atoms with Gasteiger partial charge >= 0.3 is 0 Å². The Balaban J connectivity index is 1.84. The minimum atomic E-state index is 0.387. The summed E-state index contributed by atoms with van der Waals surface area (Å²) in [6.07, 6.45) is 7.05. The molecule has 124 valence electrons. The smallest absolute Gasteiger partial charge is 0.165 e. The largest absolute Gasteiger partial charge is 0.367 e.